The number of aromatic nitrogens is 2. The number of nitrogens with two attached hydrogens (primary N) is 2. The van der Waals surface area contributed by atoms with Crippen molar-refractivity contribution in [3.63, 3.8) is 0 Å². The lowest BCUT2D eigenvalue weighted by atomic mass is 9.96. The number of nitrogens with zero attached hydrogens (tertiary/aromatic N) is 7. The molecule has 3 aliphatic heterocycles. The summed E-state index contributed by atoms with van der Waals surface area (Å²) < 4.78 is 11.8. The highest BCUT2D eigenvalue weighted by atomic mass is 16.6. The first-order valence-corrected chi connectivity index (χ1v) is 24.8. The van der Waals surface area contributed by atoms with Gasteiger partial charge in [-0.15, -0.1) is 0 Å². The van der Waals surface area contributed by atoms with Gasteiger partial charge in [-0.2, -0.15) is 0 Å². The average Bonchev–Trinajstić information content (AvgIpc) is 3.89. The van der Waals surface area contributed by atoms with Gasteiger partial charge in [-0.05, 0) is 68.9 Å². The Balaban J connectivity index is 0.000000327. The highest BCUT2D eigenvalue weighted by Gasteiger charge is 2.30. The van der Waals surface area contributed by atoms with Crippen molar-refractivity contribution in [3.05, 3.63) is 89.0 Å². The molecule has 1 saturated carbocycles. The summed E-state index contributed by atoms with van der Waals surface area (Å²) in [7, 11) is 0. The van der Waals surface area contributed by atoms with Crippen LogP contribution in [0, 0.1) is 10.8 Å². The molecule has 384 valence electrons. The van der Waals surface area contributed by atoms with E-state index < -0.39 is 6.09 Å². The number of ether oxygens (including phenoxy) is 2. The summed E-state index contributed by atoms with van der Waals surface area (Å²) in [5.41, 5.74) is 15.1. The van der Waals surface area contributed by atoms with Gasteiger partial charge in [0, 0.05) is 108 Å². The minimum Gasteiger partial charge on any atom is -0.465 e. The number of aromatic amines is 1. The number of piperazine rings is 3. The smallest absolute Gasteiger partial charge is 0.410 e. The summed E-state index contributed by atoms with van der Waals surface area (Å²) in [6.07, 6.45) is 10.8. The summed E-state index contributed by atoms with van der Waals surface area (Å²) in [6, 6.07) is 14.2. The zero-order valence-electron chi connectivity index (χ0n) is 40.6. The maximum atomic E-state index is 13.0. The van der Waals surface area contributed by atoms with E-state index in [1.807, 2.05) is 6.20 Å². The third-order valence-corrected chi connectivity index (χ3v) is 13.5. The van der Waals surface area contributed by atoms with Crippen LogP contribution in [0.1, 0.15) is 92.2 Å². The van der Waals surface area contributed by atoms with Gasteiger partial charge in [-0.1, -0.05) is 55.0 Å². The van der Waals surface area contributed by atoms with E-state index >= 15 is 0 Å². The lowest BCUT2D eigenvalue weighted by Gasteiger charge is -2.36. The van der Waals surface area contributed by atoms with Crippen LogP contribution in [0.2, 0.25) is 0 Å². The number of carboxylic acid groups (broad SMARTS) is 1. The Hall–Kier alpha value is -7.19. The second kappa shape index (κ2) is 26.7. The number of aryl methyl sites for hydroxylation is 1. The van der Waals surface area contributed by atoms with Crippen molar-refractivity contribution in [2.75, 3.05) is 78.5 Å². The SMILES string of the molecule is N=C(N)c1ccc(CC(=O)N2CCN(C(=O)OC3CCCC(OC(=O)N4CCN(C(=O)Cc5ccc(C(=N)N)cc5)CC4)CCC3)CC2)cc1.O=C(O)N1CCN(C(=O)CCCCCc2cnc[nH]2)CC1. The van der Waals surface area contributed by atoms with Gasteiger partial charge in [-0.25, -0.2) is 19.4 Å². The number of nitrogens with one attached hydrogen (secondary N) is 3. The lowest BCUT2D eigenvalue weighted by molar-refractivity contribution is -0.133. The summed E-state index contributed by atoms with van der Waals surface area (Å²) in [5, 5.41) is 23.9. The normalized spacial score (nSPS) is 18.5. The second-order valence-electron chi connectivity index (χ2n) is 18.5. The van der Waals surface area contributed by atoms with Gasteiger partial charge < -0.3 is 60.4 Å². The van der Waals surface area contributed by atoms with E-state index in [9.17, 15) is 28.8 Å². The number of unbranched alkanes of at least 4 members (excludes halogenated alkanes) is 2. The monoisotopic (exact) mass is 983 g/mol. The Labute approximate surface area is 414 Å². The fraction of sp³-hybridized carbons (Fsp3) is 0.540. The third kappa shape index (κ3) is 16.7. The number of amides is 6. The Bertz CT molecular complexity index is 2130. The van der Waals surface area contributed by atoms with Crippen LogP contribution in [0.5, 0.6) is 0 Å². The fourth-order valence-electron chi connectivity index (χ4n) is 9.05. The molecule has 1 aromatic heterocycles. The largest absolute Gasteiger partial charge is 0.465 e. The maximum Gasteiger partial charge on any atom is 0.410 e. The molecule has 0 unspecified atom stereocenters. The van der Waals surface area contributed by atoms with Gasteiger partial charge in [0.25, 0.3) is 0 Å². The van der Waals surface area contributed by atoms with Crippen molar-refractivity contribution < 1.29 is 43.3 Å². The van der Waals surface area contributed by atoms with Gasteiger partial charge >= 0.3 is 18.3 Å². The van der Waals surface area contributed by atoms with E-state index in [1.165, 1.54) is 4.90 Å². The molecule has 71 heavy (non-hydrogen) atoms. The van der Waals surface area contributed by atoms with E-state index in [0.29, 0.717) is 122 Å². The molecule has 4 heterocycles. The van der Waals surface area contributed by atoms with Crippen LogP contribution in [0.3, 0.4) is 0 Å². The first kappa shape index (κ1) is 53.2. The standard InChI is InChI=1S/C36H48N8O6.C14H22N4O3/c37-33(38)27-11-7-25(8-12-27)23-31(45)41-15-19-43(20-16-41)35(47)49-29-3-1-4-30(6-2-5-29)50-36(48)44-21-17-42(18-22-44)32(46)24-26-9-13-28(14-10-26)34(39)40;19-13(17-6-8-18(9-7-17)14(20)21)5-3-1-2-4-12-10-15-11-16-12/h7-14,29-30H,1-6,15-24H2,(H3,37,38)(H3,39,40);10-11H,1-9H2,(H,15,16)(H,20,21). The Morgan fingerprint density at radius 3 is 1.34 bits per heavy atom. The zero-order chi connectivity index (χ0) is 50.7. The van der Waals surface area contributed by atoms with E-state index in [2.05, 4.69) is 9.97 Å². The van der Waals surface area contributed by atoms with Crippen LogP contribution in [0.4, 0.5) is 14.4 Å². The molecule has 1 aliphatic carbocycles. The number of H-pyrrole nitrogens is 1. The first-order valence-electron chi connectivity index (χ1n) is 24.8. The van der Waals surface area contributed by atoms with Crippen molar-refractivity contribution in [2.24, 2.45) is 11.5 Å². The minimum atomic E-state index is -0.902. The molecule has 7 rings (SSSR count). The van der Waals surface area contributed by atoms with E-state index in [-0.39, 0.29) is 66.6 Å². The van der Waals surface area contributed by atoms with Gasteiger partial charge in [-0.3, -0.25) is 25.2 Å². The number of imidazole rings is 1. The molecule has 0 atom stereocenters. The van der Waals surface area contributed by atoms with Crippen molar-refractivity contribution in [2.45, 2.75) is 95.7 Å². The Morgan fingerprint density at radius 2 is 0.958 bits per heavy atom. The number of benzene rings is 2. The molecular formula is C50H70N12O9. The Kier molecular flexibility index (Phi) is 20.0. The number of hydrogen-bond acceptors (Lipinski definition) is 11. The van der Waals surface area contributed by atoms with Gasteiger partial charge in [0.1, 0.15) is 23.9 Å². The van der Waals surface area contributed by atoms with Gasteiger partial charge in [0.15, 0.2) is 0 Å². The molecule has 21 heteroatoms. The van der Waals surface area contributed by atoms with Crippen LogP contribution in [0.15, 0.2) is 61.1 Å². The van der Waals surface area contributed by atoms with Crippen LogP contribution in [-0.4, -0.2) is 183 Å². The topological polar surface area (TPSA) is 289 Å². The summed E-state index contributed by atoms with van der Waals surface area (Å²) in [4.78, 5) is 91.4. The van der Waals surface area contributed by atoms with Crippen molar-refractivity contribution in [3.8, 4) is 0 Å². The fourth-order valence-corrected chi connectivity index (χ4v) is 9.05. The molecule has 0 bridgehead atoms. The second-order valence-corrected chi connectivity index (χ2v) is 18.5. The molecule has 21 nitrogen and oxygen atoms in total. The zero-order valence-corrected chi connectivity index (χ0v) is 40.6. The maximum absolute atomic E-state index is 13.0. The van der Waals surface area contributed by atoms with Crippen molar-refractivity contribution in [1.82, 2.24) is 39.4 Å². The van der Waals surface area contributed by atoms with E-state index in [4.69, 9.17) is 36.9 Å². The van der Waals surface area contributed by atoms with Crippen LogP contribution in [0.25, 0.3) is 0 Å². The predicted octanol–water partition coefficient (Wildman–Crippen LogP) is 4.03. The molecule has 4 fully saturated rings. The average molecular weight is 983 g/mol. The number of amidine groups is 2. The summed E-state index contributed by atoms with van der Waals surface area (Å²) in [5.74, 6) is 0.0994. The molecule has 0 spiro atoms. The third-order valence-electron chi connectivity index (χ3n) is 13.5. The van der Waals surface area contributed by atoms with Crippen LogP contribution in [-0.2, 0) is 43.1 Å². The van der Waals surface area contributed by atoms with E-state index in [1.54, 1.807) is 79.4 Å². The number of carbonyl (C=O) groups excluding carboxylic acids is 5. The highest BCUT2D eigenvalue weighted by Crippen LogP contribution is 2.24. The van der Waals surface area contributed by atoms with E-state index in [0.717, 1.165) is 55.3 Å². The molecule has 6 amide bonds. The number of rotatable bonds is 14. The molecule has 4 aliphatic rings. The molecule has 3 saturated heterocycles. The predicted molar refractivity (Wildman–Crippen MR) is 264 cm³/mol. The van der Waals surface area contributed by atoms with Gasteiger partial charge in [0.2, 0.25) is 17.7 Å². The van der Waals surface area contributed by atoms with Crippen LogP contribution < -0.4 is 11.5 Å². The number of hydrogen-bond donors (Lipinski definition) is 6. The van der Waals surface area contributed by atoms with Crippen molar-refractivity contribution >= 4 is 47.7 Å². The van der Waals surface area contributed by atoms with Crippen molar-refractivity contribution in [1.29, 1.82) is 10.8 Å². The minimum absolute atomic E-state index is 0.00775. The first-order chi connectivity index (χ1) is 34.2. The quantitative estimate of drug-likeness (QED) is 0.0759. The molecular weight excluding hydrogens is 913 g/mol. The van der Waals surface area contributed by atoms with Gasteiger partial charge in [0.05, 0.1) is 19.2 Å². The number of carbonyl (C=O) groups is 6. The highest BCUT2D eigenvalue weighted by molar-refractivity contribution is 5.95. The summed E-state index contributed by atoms with van der Waals surface area (Å²) >= 11 is 0. The molecule has 2 aromatic carbocycles. The summed E-state index contributed by atoms with van der Waals surface area (Å²) in [6.45, 7) is 5.29. The lowest BCUT2D eigenvalue weighted by Crippen LogP contribution is -2.51. The Morgan fingerprint density at radius 1 is 0.563 bits per heavy atom. The van der Waals surface area contributed by atoms with Crippen LogP contribution >= 0.6 is 0 Å². The molecule has 0 radical (unpaired) electrons. The number of nitrogen functional groups attached to an aromatic ring is 2. The molecule has 8 N–H and O–H groups in total. The molecule has 3 aromatic rings.